The molecule has 1 saturated carbocycles. The Morgan fingerprint density at radius 1 is 0.733 bits per heavy atom. The quantitative estimate of drug-likeness (QED) is 0.626. The largest absolute Gasteiger partial charge is 0.331 e. The molecule has 0 saturated heterocycles. The maximum atomic E-state index is 2.32. The van der Waals surface area contributed by atoms with Crippen LogP contribution in [0, 0.1) is 11.8 Å². The minimum Gasteiger partial charge on any atom is -0.331 e. The highest BCUT2D eigenvalue weighted by atomic mass is 15.3. The standard InChI is InChI=1S/C13H30N2/c1-14(2,3)10-12-8-7-9-13(12)11-15(4,5)6/h12-13H,7-11H2,1-6H3/q+2. The maximum absolute atomic E-state index is 2.32. The van der Waals surface area contributed by atoms with Crippen molar-refractivity contribution >= 4 is 0 Å². The molecule has 1 fully saturated rings. The first-order valence-electron chi connectivity index (χ1n) is 6.28. The Labute approximate surface area is 96.1 Å². The molecule has 0 radical (unpaired) electrons. The van der Waals surface area contributed by atoms with Crippen molar-refractivity contribution in [2.45, 2.75) is 19.3 Å². The molecule has 0 spiro atoms. The van der Waals surface area contributed by atoms with Gasteiger partial charge in [-0.05, 0) is 12.8 Å². The summed E-state index contributed by atoms with van der Waals surface area (Å²) in [6.07, 6.45) is 4.37. The predicted molar refractivity (Wildman–Crippen MR) is 66.6 cm³/mol. The van der Waals surface area contributed by atoms with Crippen LogP contribution < -0.4 is 0 Å². The Bertz CT molecular complexity index is 176. The van der Waals surface area contributed by atoms with Crippen molar-refractivity contribution in [2.75, 3.05) is 55.4 Å². The van der Waals surface area contributed by atoms with Crippen LogP contribution in [-0.4, -0.2) is 64.3 Å². The summed E-state index contributed by atoms with van der Waals surface area (Å²) in [5.41, 5.74) is 0. The van der Waals surface area contributed by atoms with Gasteiger partial charge in [-0.15, -0.1) is 0 Å². The van der Waals surface area contributed by atoms with Gasteiger partial charge in [0, 0.05) is 11.8 Å². The van der Waals surface area contributed by atoms with E-state index < -0.39 is 0 Å². The molecule has 2 nitrogen and oxygen atoms in total. The van der Waals surface area contributed by atoms with Gasteiger partial charge in [-0.25, -0.2) is 0 Å². The topological polar surface area (TPSA) is 0 Å². The van der Waals surface area contributed by atoms with Crippen LogP contribution in [-0.2, 0) is 0 Å². The van der Waals surface area contributed by atoms with E-state index in [1.165, 1.54) is 32.4 Å². The zero-order valence-electron chi connectivity index (χ0n) is 11.6. The number of quaternary nitrogens is 2. The maximum Gasteiger partial charge on any atom is 0.0813 e. The first-order chi connectivity index (χ1) is 6.67. The van der Waals surface area contributed by atoms with Gasteiger partial charge in [-0.1, -0.05) is 6.42 Å². The third-order valence-electron chi connectivity index (χ3n) is 3.38. The molecule has 0 aromatic carbocycles. The Kier molecular flexibility index (Phi) is 3.83. The molecule has 0 bridgehead atoms. The molecule has 0 amide bonds. The van der Waals surface area contributed by atoms with E-state index >= 15 is 0 Å². The van der Waals surface area contributed by atoms with Gasteiger partial charge >= 0.3 is 0 Å². The molecule has 2 atom stereocenters. The molecule has 0 aliphatic heterocycles. The molecule has 2 heteroatoms. The third kappa shape index (κ3) is 4.98. The number of nitrogens with zero attached hydrogens (tertiary/aromatic N) is 2. The normalized spacial score (nSPS) is 28.4. The van der Waals surface area contributed by atoms with Gasteiger partial charge in [-0.3, -0.25) is 0 Å². The van der Waals surface area contributed by atoms with Crippen LogP contribution in [0.3, 0.4) is 0 Å². The summed E-state index contributed by atoms with van der Waals surface area (Å²) in [5, 5.41) is 0. The molecule has 2 unspecified atom stereocenters. The lowest BCUT2D eigenvalue weighted by Gasteiger charge is -2.33. The van der Waals surface area contributed by atoms with Crippen LogP contribution >= 0.6 is 0 Å². The first-order valence-corrected chi connectivity index (χ1v) is 6.28. The monoisotopic (exact) mass is 214 g/mol. The van der Waals surface area contributed by atoms with Crippen molar-refractivity contribution in [3.8, 4) is 0 Å². The summed E-state index contributed by atoms with van der Waals surface area (Å²) in [6.45, 7) is 2.70. The zero-order chi connectivity index (χ0) is 11.7. The molecule has 0 heterocycles. The lowest BCUT2D eigenvalue weighted by atomic mass is 9.94. The van der Waals surface area contributed by atoms with Crippen LogP contribution in [0.2, 0.25) is 0 Å². The predicted octanol–water partition coefficient (Wildman–Crippen LogP) is 1.82. The van der Waals surface area contributed by atoms with Crippen molar-refractivity contribution in [1.29, 1.82) is 0 Å². The highest BCUT2D eigenvalue weighted by Gasteiger charge is 2.34. The van der Waals surface area contributed by atoms with Gasteiger partial charge in [0.25, 0.3) is 0 Å². The van der Waals surface area contributed by atoms with Crippen LogP contribution in [0.25, 0.3) is 0 Å². The Morgan fingerprint density at radius 2 is 1.07 bits per heavy atom. The van der Waals surface area contributed by atoms with E-state index in [4.69, 9.17) is 0 Å². The second kappa shape index (κ2) is 4.42. The Morgan fingerprint density at radius 3 is 1.33 bits per heavy atom. The summed E-state index contributed by atoms with van der Waals surface area (Å²) in [4.78, 5) is 0. The van der Waals surface area contributed by atoms with E-state index in [0.717, 1.165) is 20.8 Å². The lowest BCUT2D eigenvalue weighted by Crippen LogP contribution is -2.45. The summed E-state index contributed by atoms with van der Waals surface area (Å²) < 4.78 is 2.25. The smallest absolute Gasteiger partial charge is 0.0813 e. The van der Waals surface area contributed by atoms with Crippen LogP contribution in [0.5, 0.6) is 0 Å². The third-order valence-corrected chi connectivity index (χ3v) is 3.38. The minimum absolute atomic E-state index is 0.961. The molecule has 0 aromatic heterocycles. The van der Waals surface area contributed by atoms with Crippen molar-refractivity contribution in [2.24, 2.45) is 11.8 Å². The van der Waals surface area contributed by atoms with Gasteiger partial charge in [0.05, 0.1) is 55.4 Å². The van der Waals surface area contributed by atoms with Crippen molar-refractivity contribution in [3.63, 3.8) is 0 Å². The first kappa shape index (κ1) is 13.0. The summed E-state index contributed by atoms with van der Waals surface area (Å²) in [6, 6.07) is 0. The fraction of sp³-hybridized carbons (Fsp3) is 1.00. The molecule has 1 aliphatic rings. The molecule has 1 aliphatic carbocycles. The summed E-state index contributed by atoms with van der Waals surface area (Å²) in [5.74, 6) is 1.92. The summed E-state index contributed by atoms with van der Waals surface area (Å²) >= 11 is 0. The van der Waals surface area contributed by atoms with Gasteiger partial charge in [0.15, 0.2) is 0 Å². The van der Waals surface area contributed by atoms with E-state index in [9.17, 15) is 0 Å². The summed E-state index contributed by atoms with van der Waals surface area (Å²) in [7, 11) is 13.9. The van der Waals surface area contributed by atoms with Crippen molar-refractivity contribution in [3.05, 3.63) is 0 Å². The lowest BCUT2D eigenvalue weighted by molar-refractivity contribution is -0.882. The average Bonchev–Trinajstić information content (AvgIpc) is 2.29. The molecule has 90 valence electrons. The average molecular weight is 214 g/mol. The highest BCUT2D eigenvalue weighted by Crippen LogP contribution is 2.33. The second-order valence-corrected chi connectivity index (χ2v) is 7.40. The van der Waals surface area contributed by atoms with E-state index in [1.807, 2.05) is 0 Å². The van der Waals surface area contributed by atoms with E-state index in [1.54, 1.807) is 0 Å². The van der Waals surface area contributed by atoms with Gasteiger partial charge in [0.1, 0.15) is 0 Å². The number of hydrogen-bond acceptors (Lipinski definition) is 0. The van der Waals surface area contributed by atoms with E-state index in [0.29, 0.717) is 0 Å². The highest BCUT2D eigenvalue weighted by molar-refractivity contribution is 4.77. The van der Waals surface area contributed by atoms with Crippen LogP contribution in [0.15, 0.2) is 0 Å². The Balaban J connectivity index is 2.50. The molecular formula is C13H30N2+2. The molecular weight excluding hydrogens is 184 g/mol. The molecule has 0 aromatic rings. The zero-order valence-corrected chi connectivity index (χ0v) is 11.6. The fourth-order valence-corrected chi connectivity index (χ4v) is 3.00. The molecule has 1 rings (SSSR count). The van der Waals surface area contributed by atoms with Crippen LogP contribution in [0.4, 0.5) is 0 Å². The van der Waals surface area contributed by atoms with Crippen LogP contribution in [0.1, 0.15) is 19.3 Å². The number of hydrogen-bond donors (Lipinski definition) is 0. The van der Waals surface area contributed by atoms with Gasteiger partial charge in [-0.2, -0.15) is 0 Å². The second-order valence-electron chi connectivity index (χ2n) is 7.40. The molecule has 0 N–H and O–H groups in total. The van der Waals surface area contributed by atoms with Gasteiger partial charge in [0.2, 0.25) is 0 Å². The van der Waals surface area contributed by atoms with E-state index in [-0.39, 0.29) is 0 Å². The van der Waals surface area contributed by atoms with Gasteiger partial charge < -0.3 is 8.97 Å². The number of rotatable bonds is 4. The molecule has 15 heavy (non-hydrogen) atoms. The fourth-order valence-electron chi connectivity index (χ4n) is 3.00. The van der Waals surface area contributed by atoms with Crippen molar-refractivity contribution in [1.82, 2.24) is 0 Å². The van der Waals surface area contributed by atoms with Crippen molar-refractivity contribution < 1.29 is 8.97 Å². The Hall–Kier alpha value is -0.0800. The minimum atomic E-state index is 0.961. The SMILES string of the molecule is C[N+](C)(C)CC1CCCC1C[N+](C)(C)C. The van der Waals surface area contributed by atoms with E-state index in [2.05, 4.69) is 42.3 Å².